The molecule has 0 aliphatic heterocycles. The molecule has 0 fully saturated rings. The first kappa shape index (κ1) is 16.9. The summed E-state index contributed by atoms with van der Waals surface area (Å²) in [5.41, 5.74) is 0. The summed E-state index contributed by atoms with van der Waals surface area (Å²) in [7, 11) is 1.88. The molecule has 8 heteroatoms. The average molecular weight is 317 g/mol. The largest absolute Gasteiger partial charge is 0.464 e. The number of rotatable bonds is 10. The molecule has 112 valence electrons. The van der Waals surface area contributed by atoms with E-state index in [-0.39, 0.29) is 0 Å². The van der Waals surface area contributed by atoms with Gasteiger partial charge in [-0.3, -0.25) is 10.1 Å². The molecule has 1 heterocycles. The molecular weight excluding hydrogens is 298 g/mol. The van der Waals surface area contributed by atoms with Gasteiger partial charge >= 0.3 is 0 Å². The second-order valence-corrected chi connectivity index (χ2v) is 5.81. The summed E-state index contributed by atoms with van der Waals surface area (Å²) >= 11 is 3.06. The van der Waals surface area contributed by atoms with Crippen molar-refractivity contribution in [1.29, 1.82) is 0 Å². The van der Waals surface area contributed by atoms with Crippen LogP contribution in [0, 0.1) is 10.1 Å². The summed E-state index contributed by atoms with van der Waals surface area (Å²) in [5.74, 6) is 3.54. The number of hydrogen-bond donors (Lipinski definition) is 2. The van der Waals surface area contributed by atoms with E-state index >= 15 is 0 Å². The highest BCUT2D eigenvalue weighted by molar-refractivity contribution is 8.02. The maximum absolute atomic E-state index is 10.4. The zero-order valence-electron chi connectivity index (χ0n) is 11.5. The van der Waals surface area contributed by atoms with E-state index in [0.717, 1.165) is 35.8 Å². The van der Waals surface area contributed by atoms with Gasteiger partial charge in [-0.15, -0.1) is 11.8 Å². The predicted octanol–water partition coefficient (Wildman–Crippen LogP) is 2.26. The van der Waals surface area contributed by atoms with E-state index in [4.69, 9.17) is 4.42 Å². The molecule has 2 N–H and O–H groups in total. The fraction of sp³-hybridized carbons (Fsp3) is 0.500. The summed E-state index contributed by atoms with van der Waals surface area (Å²) in [4.78, 5) is 9.90. The average Bonchev–Trinajstić information content (AvgIpc) is 2.84. The minimum Gasteiger partial charge on any atom is -0.464 e. The standard InChI is InChI=1S/C12H19N3O3S2/c1-13-7-10-3-4-11(18-10)9-20-6-5-14-12(19-2)8-15(16)17/h3-4,8,13-14H,5-7,9H2,1-2H3/b12-8-. The molecule has 6 nitrogen and oxygen atoms in total. The molecule has 20 heavy (non-hydrogen) atoms. The van der Waals surface area contributed by atoms with Crippen LogP contribution in [0.3, 0.4) is 0 Å². The number of hydrogen-bond acceptors (Lipinski definition) is 7. The molecule has 0 atom stereocenters. The molecule has 0 spiro atoms. The molecule has 0 radical (unpaired) electrons. The van der Waals surface area contributed by atoms with Crippen LogP contribution in [0.25, 0.3) is 0 Å². The Morgan fingerprint density at radius 1 is 1.50 bits per heavy atom. The van der Waals surface area contributed by atoms with Gasteiger partial charge in [-0.1, -0.05) is 0 Å². The molecule has 0 aliphatic rings. The van der Waals surface area contributed by atoms with Crippen LogP contribution < -0.4 is 10.6 Å². The number of thioether (sulfide) groups is 2. The zero-order valence-corrected chi connectivity index (χ0v) is 13.2. The van der Waals surface area contributed by atoms with Crippen molar-refractivity contribution in [1.82, 2.24) is 10.6 Å². The van der Waals surface area contributed by atoms with Crippen LogP contribution in [0.1, 0.15) is 11.5 Å². The quantitative estimate of drug-likeness (QED) is 0.389. The van der Waals surface area contributed by atoms with Crippen LogP contribution >= 0.6 is 23.5 Å². The number of nitrogens with zero attached hydrogens (tertiary/aromatic N) is 1. The van der Waals surface area contributed by atoms with E-state index in [1.807, 2.05) is 25.4 Å². The Bertz CT molecular complexity index is 449. The van der Waals surface area contributed by atoms with Crippen LogP contribution in [0.15, 0.2) is 27.8 Å². The molecule has 0 saturated carbocycles. The Hall–Kier alpha value is -1.12. The second-order valence-electron chi connectivity index (χ2n) is 3.86. The van der Waals surface area contributed by atoms with Crippen molar-refractivity contribution in [2.75, 3.05) is 25.6 Å². The molecule has 1 aromatic heterocycles. The summed E-state index contributed by atoms with van der Waals surface area (Å²) in [6.45, 7) is 1.42. The van der Waals surface area contributed by atoms with Gasteiger partial charge in [-0.05, 0) is 25.4 Å². The lowest BCUT2D eigenvalue weighted by Crippen LogP contribution is -2.15. The second kappa shape index (κ2) is 9.73. The van der Waals surface area contributed by atoms with Crippen LogP contribution in [-0.2, 0) is 12.3 Å². The lowest BCUT2D eigenvalue weighted by atomic mass is 10.4. The van der Waals surface area contributed by atoms with Gasteiger partial charge in [0.25, 0.3) is 6.20 Å². The monoisotopic (exact) mass is 317 g/mol. The minimum atomic E-state index is -0.446. The maximum Gasteiger partial charge on any atom is 0.263 e. The summed E-state index contributed by atoms with van der Waals surface area (Å²) in [6.07, 6.45) is 2.80. The van der Waals surface area contributed by atoms with E-state index in [2.05, 4.69) is 10.6 Å². The van der Waals surface area contributed by atoms with Crippen LogP contribution in [-0.4, -0.2) is 30.5 Å². The van der Waals surface area contributed by atoms with Gasteiger partial charge in [-0.2, -0.15) is 11.8 Å². The van der Waals surface area contributed by atoms with Crippen molar-refractivity contribution >= 4 is 23.5 Å². The molecular formula is C12H19N3O3S2. The van der Waals surface area contributed by atoms with Crippen molar-refractivity contribution in [3.63, 3.8) is 0 Å². The minimum absolute atomic E-state index is 0.446. The van der Waals surface area contributed by atoms with Gasteiger partial charge in [0.1, 0.15) is 16.5 Å². The predicted molar refractivity (Wildman–Crippen MR) is 84.2 cm³/mol. The van der Waals surface area contributed by atoms with E-state index in [9.17, 15) is 10.1 Å². The topological polar surface area (TPSA) is 80.3 Å². The maximum atomic E-state index is 10.4. The van der Waals surface area contributed by atoms with Crippen molar-refractivity contribution in [2.45, 2.75) is 12.3 Å². The third-order valence-corrected chi connectivity index (χ3v) is 3.97. The van der Waals surface area contributed by atoms with E-state index in [1.54, 1.807) is 11.8 Å². The molecule has 1 rings (SSSR count). The Morgan fingerprint density at radius 3 is 2.90 bits per heavy atom. The number of furan rings is 1. The van der Waals surface area contributed by atoms with Gasteiger partial charge in [0, 0.05) is 12.3 Å². The van der Waals surface area contributed by atoms with Crippen LogP contribution in [0.4, 0.5) is 0 Å². The first-order valence-electron chi connectivity index (χ1n) is 6.08. The fourth-order valence-corrected chi connectivity index (χ4v) is 2.64. The molecule has 0 aliphatic carbocycles. The van der Waals surface area contributed by atoms with Gasteiger partial charge < -0.3 is 15.1 Å². The van der Waals surface area contributed by atoms with E-state index < -0.39 is 4.92 Å². The summed E-state index contributed by atoms with van der Waals surface area (Å²) in [6, 6.07) is 3.95. The first-order chi connectivity index (χ1) is 9.65. The Balaban J connectivity index is 2.19. The summed E-state index contributed by atoms with van der Waals surface area (Å²) < 4.78 is 5.62. The molecule has 0 amide bonds. The highest BCUT2D eigenvalue weighted by atomic mass is 32.2. The van der Waals surface area contributed by atoms with Crippen LogP contribution in [0.5, 0.6) is 0 Å². The van der Waals surface area contributed by atoms with Gasteiger partial charge in [0.15, 0.2) is 0 Å². The SMILES string of the molecule is CNCc1ccc(CSCCN/C(=C/[N+](=O)[O-])SC)o1. The van der Waals surface area contributed by atoms with Gasteiger partial charge in [-0.25, -0.2) is 0 Å². The van der Waals surface area contributed by atoms with Crippen molar-refractivity contribution in [3.8, 4) is 0 Å². The van der Waals surface area contributed by atoms with E-state index in [0.29, 0.717) is 11.6 Å². The van der Waals surface area contributed by atoms with Gasteiger partial charge in [0.05, 0.1) is 17.2 Å². The molecule has 0 bridgehead atoms. The lowest BCUT2D eigenvalue weighted by Gasteiger charge is -2.05. The third kappa shape index (κ3) is 6.88. The van der Waals surface area contributed by atoms with Crippen LogP contribution in [0.2, 0.25) is 0 Å². The third-order valence-electron chi connectivity index (χ3n) is 2.30. The normalized spacial score (nSPS) is 11.6. The highest BCUT2D eigenvalue weighted by Crippen LogP contribution is 2.15. The molecule has 0 aromatic carbocycles. The van der Waals surface area contributed by atoms with Crippen molar-refractivity contribution in [2.24, 2.45) is 0 Å². The fourth-order valence-electron chi connectivity index (χ4n) is 1.45. The van der Waals surface area contributed by atoms with Crippen molar-refractivity contribution < 1.29 is 9.34 Å². The van der Waals surface area contributed by atoms with Crippen molar-refractivity contribution in [3.05, 3.63) is 45.0 Å². The Labute approximate surface area is 126 Å². The van der Waals surface area contributed by atoms with E-state index in [1.165, 1.54) is 11.8 Å². The smallest absolute Gasteiger partial charge is 0.263 e. The lowest BCUT2D eigenvalue weighted by molar-refractivity contribution is -0.403. The summed E-state index contributed by atoms with van der Waals surface area (Å²) in [5, 5.41) is 17.0. The zero-order chi connectivity index (χ0) is 14.8. The first-order valence-corrected chi connectivity index (χ1v) is 8.46. The molecule has 0 saturated heterocycles. The number of nitro groups is 1. The molecule has 0 unspecified atom stereocenters. The number of nitrogens with one attached hydrogen (secondary N) is 2. The highest BCUT2D eigenvalue weighted by Gasteiger charge is 2.03. The Kier molecular flexibility index (Phi) is 8.24. The van der Waals surface area contributed by atoms with Gasteiger partial charge in [0.2, 0.25) is 0 Å². The molecule has 1 aromatic rings. The Morgan fingerprint density at radius 2 is 2.25 bits per heavy atom.